The van der Waals surface area contributed by atoms with Crippen molar-refractivity contribution in [2.45, 2.75) is 83.7 Å². The van der Waals surface area contributed by atoms with E-state index in [1.807, 2.05) is 30.3 Å². The SMILES string of the molecule is CCC(CCCCCCCCCCCOc1ccccc1)Oc1cccc2ccccc12. The second kappa shape index (κ2) is 14.6. The van der Waals surface area contributed by atoms with Crippen molar-refractivity contribution < 1.29 is 9.47 Å². The van der Waals surface area contributed by atoms with Crippen LogP contribution in [0.1, 0.15) is 77.6 Å². The summed E-state index contributed by atoms with van der Waals surface area (Å²) in [5.74, 6) is 2.02. The predicted octanol–water partition coefficient (Wildman–Crippen LogP) is 8.98. The molecule has 0 radical (unpaired) electrons. The van der Waals surface area contributed by atoms with Crippen molar-refractivity contribution in [3.05, 3.63) is 72.8 Å². The highest BCUT2D eigenvalue weighted by atomic mass is 16.5. The van der Waals surface area contributed by atoms with Crippen LogP contribution in [0, 0.1) is 0 Å². The predicted molar refractivity (Wildman–Crippen MR) is 137 cm³/mol. The molecule has 0 aliphatic rings. The third-order valence-corrected chi connectivity index (χ3v) is 6.18. The molecule has 3 aromatic carbocycles. The average molecular weight is 433 g/mol. The Balaban J connectivity index is 1.19. The first-order chi connectivity index (χ1) is 15.9. The van der Waals surface area contributed by atoms with E-state index in [1.54, 1.807) is 0 Å². The average Bonchev–Trinajstić information content (AvgIpc) is 2.84. The minimum atomic E-state index is 0.318. The van der Waals surface area contributed by atoms with E-state index in [4.69, 9.17) is 9.47 Å². The molecule has 172 valence electrons. The van der Waals surface area contributed by atoms with E-state index in [9.17, 15) is 0 Å². The maximum atomic E-state index is 6.39. The normalized spacial score (nSPS) is 12.0. The number of hydrogen-bond donors (Lipinski definition) is 0. The van der Waals surface area contributed by atoms with Gasteiger partial charge in [0, 0.05) is 5.39 Å². The van der Waals surface area contributed by atoms with Crippen LogP contribution < -0.4 is 9.47 Å². The Morgan fingerprint density at radius 2 is 1.25 bits per heavy atom. The largest absolute Gasteiger partial charge is 0.494 e. The Bertz CT molecular complexity index is 869. The van der Waals surface area contributed by atoms with E-state index in [0.29, 0.717) is 6.10 Å². The molecule has 1 atom stereocenters. The number of para-hydroxylation sites is 1. The molecule has 1 unspecified atom stereocenters. The van der Waals surface area contributed by atoms with E-state index < -0.39 is 0 Å². The summed E-state index contributed by atoms with van der Waals surface area (Å²) in [6.45, 7) is 3.07. The van der Waals surface area contributed by atoms with E-state index >= 15 is 0 Å². The van der Waals surface area contributed by atoms with Crippen molar-refractivity contribution in [1.29, 1.82) is 0 Å². The van der Waals surface area contributed by atoms with Crippen LogP contribution in [0.2, 0.25) is 0 Å². The second-order valence-electron chi connectivity index (χ2n) is 8.76. The third kappa shape index (κ3) is 8.57. The molecule has 0 bridgehead atoms. The van der Waals surface area contributed by atoms with E-state index in [-0.39, 0.29) is 0 Å². The number of ether oxygens (including phenoxy) is 2. The van der Waals surface area contributed by atoms with Gasteiger partial charge in [0.1, 0.15) is 11.5 Å². The van der Waals surface area contributed by atoms with Gasteiger partial charge in [-0.05, 0) is 49.3 Å². The first-order valence-corrected chi connectivity index (χ1v) is 12.7. The molecule has 0 aromatic heterocycles. The van der Waals surface area contributed by atoms with Crippen LogP contribution in [0.3, 0.4) is 0 Å². The molecule has 0 spiro atoms. The van der Waals surface area contributed by atoms with Gasteiger partial charge in [0.2, 0.25) is 0 Å². The monoisotopic (exact) mass is 432 g/mol. The van der Waals surface area contributed by atoms with Gasteiger partial charge in [0.05, 0.1) is 12.7 Å². The molecule has 32 heavy (non-hydrogen) atoms. The van der Waals surface area contributed by atoms with Gasteiger partial charge in [-0.25, -0.2) is 0 Å². The van der Waals surface area contributed by atoms with Crippen molar-refractivity contribution in [3.8, 4) is 11.5 Å². The van der Waals surface area contributed by atoms with Gasteiger partial charge in [-0.15, -0.1) is 0 Å². The first kappa shape index (κ1) is 24.2. The molecule has 0 fully saturated rings. The zero-order chi connectivity index (χ0) is 22.3. The molecular formula is C30H40O2. The van der Waals surface area contributed by atoms with Crippen LogP contribution in [-0.4, -0.2) is 12.7 Å². The van der Waals surface area contributed by atoms with Gasteiger partial charge in [-0.3, -0.25) is 0 Å². The maximum absolute atomic E-state index is 6.39. The summed E-state index contributed by atoms with van der Waals surface area (Å²) in [5, 5.41) is 2.48. The number of benzene rings is 3. The van der Waals surface area contributed by atoms with Gasteiger partial charge < -0.3 is 9.47 Å². The molecule has 3 aromatic rings. The summed E-state index contributed by atoms with van der Waals surface area (Å²) < 4.78 is 12.1. The lowest BCUT2D eigenvalue weighted by molar-refractivity contribution is 0.185. The summed E-state index contributed by atoms with van der Waals surface area (Å²) in [6.07, 6.45) is 14.3. The van der Waals surface area contributed by atoms with E-state index in [2.05, 4.69) is 49.4 Å². The fraction of sp³-hybridized carbons (Fsp3) is 0.467. The maximum Gasteiger partial charge on any atom is 0.127 e. The number of unbranched alkanes of at least 4 members (excludes halogenated alkanes) is 8. The summed E-state index contributed by atoms with van der Waals surface area (Å²) in [5.41, 5.74) is 0. The van der Waals surface area contributed by atoms with Crippen molar-refractivity contribution in [1.82, 2.24) is 0 Å². The Labute approximate surface area is 195 Å². The molecular weight excluding hydrogens is 392 g/mol. The molecule has 2 heteroatoms. The summed E-state index contributed by atoms with van der Waals surface area (Å²) in [7, 11) is 0. The first-order valence-electron chi connectivity index (χ1n) is 12.7. The highest BCUT2D eigenvalue weighted by Gasteiger charge is 2.10. The Kier molecular flexibility index (Phi) is 11.0. The van der Waals surface area contributed by atoms with Gasteiger partial charge in [-0.1, -0.05) is 106 Å². The molecule has 2 nitrogen and oxygen atoms in total. The summed E-state index contributed by atoms with van der Waals surface area (Å²) in [6, 6.07) is 25.0. The quantitative estimate of drug-likeness (QED) is 0.210. The van der Waals surface area contributed by atoms with Crippen molar-refractivity contribution >= 4 is 10.8 Å². The molecule has 0 saturated carbocycles. The number of fused-ring (bicyclic) bond motifs is 1. The lowest BCUT2D eigenvalue weighted by Crippen LogP contribution is -2.15. The zero-order valence-corrected chi connectivity index (χ0v) is 19.8. The van der Waals surface area contributed by atoms with Crippen molar-refractivity contribution in [2.75, 3.05) is 6.61 Å². The van der Waals surface area contributed by atoms with Crippen LogP contribution >= 0.6 is 0 Å². The van der Waals surface area contributed by atoms with Crippen molar-refractivity contribution in [3.63, 3.8) is 0 Å². The van der Waals surface area contributed by atoms with E-state index in [0.717, 1.165) is 37.4 Å². The smallest absolute Gasteiger partial charge is 0.127 e. The van der Waals surface area contributed by atoms with Crippen LogP contribution in [0.25, 0.3) is 10.8 Å². The van der Waals surface area contributed by atoms with Crippen LogP contribution in [0.15, 0.2) is 72.8 Å². The lowest BCUT2D eigenvalue weighted by atomic mass is 10.0. The minimum Gasteiger partial charge on any atom is -0.494 e. The molecule has 0 heterocycles. The zero-order valence-electron chi connectivity index (χ0n) is 19.8. The minimum absolute atomic E-state index is 0.318. The lowest BCUT2D eigenvalue weighted by Gasteiger charge is -2.19. The highest BCUT2D eigenvalue weighted by Crippen LogP contribution is 2.27. The fourth-order valence-corrected chi connectivity index (χ4v) is 4.24. The van der Waals surface area contributed by atoms with Crippen LogP contribution in [-0.2, 0) is 0 Å². The molecule has 0 aliphatic heterocycles. The van der Waals surface area contributed by atoms with E-state index in [1.165, 1.54) is 62.1 Å². The van der Waals surface area contributed by atoms with Gasteiger partial charge in [0.15, 0.2) is 0 Å². The molecule has 3 rings (SSSR count). The van der Waals surface area contributed by atoms with Crippen LogP contribution in [0.5, 0.6) is 11.5 Å². The molecule has 0 N–H and O–H groups in total. The molecule has 0 aliphatic carbocycles. The topological polar surface area (TPSA) is 18.5 Å². The number of hydrogen-bond acceptors (Lipinski definition) is 2. The van der Waals surface area contributed by atoms with Gasteiger partial charge >= 0.3 is 0 Å². The highest BCUT2D eigenvalue weighted by molar-refractivity contribution is 5.88. The fourth-order valence-electron chi connectivity index (χ4n) is 4.24. The van der Waals surface area contributed by atoms with Gasteiger partial charge in [-0.2, -0.15) is 0 Å². The Morgan fingerprint density at radius 3 is 2.00 bits per heavy atom. The van der Waals surface area contributed by atoms with Crippen LogP contribution in [0.4, 0.5) is 0 Å². The number of rotatable bonds is 16. The third-order valence-electron chi connectivity index (χ3n) is 6.18. The summed E-state index contributed by atoms with van der Waals surface area (Å²) >= 11 is 0. The Hall–Kier alpha value is -2.48. The standard InChI is InChI=1S/C30H40O2/c1-2-27(32-30-24-17-19-26-18-14-15-23-29(26)30)20-11-8-6-4-3-5-7-9-16-25-31-28-21-12-10-13-22-28/h10,12-15,17-19,21-24,27H,2-9,11,16,20,25H2,1H3. The van der Waals surface area contributed by atoms with Crippen molar-refractivity contribution in [2.24, 2.45) is 0 Å². The summed E-state index contributed by atoms with van der Waals surface area (Å²) in [4.78, 5) is 0. The van der Waals surface area contributed by atoms with Gasteiger partial charge in [0.25, 0.3) is 0 Å². The molecule has 0 saturated heterocycles. The second-order valence-corrected chi connectivity index (χ2v) is 8.76. The molecule has 0 amide bonds. The Morgan fingerprint density at radius 1 is 0.625 bits per heavy atom.